The summed E-state index contributed by atoms with van der Waals surface area (Å²) in [7, 11) is 0. The van der Waals surface area contributed by atoms with Gasteiger partial charge < -0.3 is 10.4 Å². The van der Waals surface area contributed by atoms with Gasteiger partial charge >= 0.3 is 5.97 Å². The number of nitrogens with zero attached hydrogens (tertiary/aromatic N) is 1. The lowest BCUT2D eigenvalue weighted by molar-refractivity contribution is -0.138. The number of carboxylic acids is 1. The van der Waals surface area contributed by atoms with Crippen molar-refractivity contribution in [3.63, 3.8) is 0 Å². The Morgan fingerprint density at radius 3 is 2.57 bits per heavy atom. The van der Waals surface area contributed by atoms with Gasteiger partial charge in [-0.05, 0) is 24.1 Å². The summed E-state index contributed by atoms with van der Waals surface area (Å²) in [4.78, 5) is 16.0. The number of aliphatic carboxylic acids is 1. The standard InChI is InChI=1S/C17H16N2O2/c20-17(21)16-13(10-12-6-2-1-3-7-12)11-18-14-8-4-5-9-15(14)19-16/h1-9,11,13,16,19H,10H2,(H,20,21). The van der Waals surface area contributed by atoms with Crippen LogP contribution >= 0.6 is 0 Å². The maximum absolute atomic E-state index is 11.6. The van der Waals surface area contributed by atoms with Crippen LogP contribution in [0.1, 0.15) is 5.56 Å². The van der Waals surface area contributed by atoms with Crippen molar-refractivity contribution in [2.24, 2.45) is 10.9 Å². The zero-order chi connectivity index (χ0) is 14.7. The molecule has 0 aromatic heterocycles. The second-order valence-corrected chi connectivity index (χ2v) is 5.11. The fraction of sp³-hybridized carbons (Fsp3) is 0.176. The van der Waals surface area contributed by atoms with Crippen molar-refractivity contribution >= 4 is 23.6 Å². The molecule has 2 unspecified atom stereocenters. The summed E-state index contributed by atoms with van der Waals surface area (Å²) in [6.45, 7) is 0. The van der Waals surface area contributed by atoms with Crippen LogP contribution < -0.4 is 5.32 Å². The number of carboxylic acid groups (broad SMARTS) is 1. The summed E-state index contributed by atoms with van der Waals surface area (Å²) in [6, 6.07) is 16.7. The van der Waals surface area contributed by atoms with Crippen LogP contribution in [-0.2, 0) is 11.2 Å². The monoisotopic (exact) mass is 280 g/mol. The smallest absolute Gasteiger partial charge is 0.326 e. The molecule has 1 aliphatic rings. The third-order valence-corrected chi connectivity index (χ3v) is 3.63. The topological polar surface area (TPSA) is 61.7 Å². The Hall–Kier alpha value is -2.62. The van der Waals surface area contributed by atoms with E-state index in [-0.39, 0.29) is 5.92 Å². The van der Waals surface area contributed by atoms with Crippen molar-refractivity contribution in [2.45, 2.75) is 12.5 Å². The van der Waals surface area contributed by atoms with Crippen molar-refractivity contribution in [3.8, 4) is 0 Å². The number of nitrogens with one attached hydrogen (secondary N) is 1. The first-order valence-electron chi connectivity index (χ1n) is 6.90. The predicted octanol–water partition coefficient (Wildman–Crippen LogP) is 3.13. The molecule has 0 amide bonds. The number of benzene rings is 2. The average molecular weight is 280 g/mol. The Bertz CT molecular complexity index is 668. The molecule has 0 aliphatic carbocycles. The minimum absolute atomic E-state index is 0.197. The minimum Gasteiger partial charge on any atom is -0.480 e. The molecule has 21 heavy (non-hydrogen) atoms. The van der Waals surface area contributed by atoms with E-state index in [1.165, 1.54) is 0 Å². The molecule has 4 nitrogen and oxygen atoms in total. The first-order chi connectivity index (χ1) is 10.2. The molecule has 2 aromatic carbocycles. The van der Waals surface area contributed by atoms with Crippen molar-refractivity contribution in [2.75, 3.05) is 5.32 Å². The molecule has 0 spiro atoms. The second kappa shape index (κ2) is 5.79. The quantitative estimate of drug-likeness (QED) is 0.908. The number of para-hydroxylation sites is 2. The van der Waals surface area contributed by atoms with Gasteiger partial charge in [0.25, 0.3) is 0 Å². The summed E-state index contributed by atoms with van der Waals surface area (Å²) in [5.74, 6) is -1.06. The lowest BCUT2D eigenvalue weighted by atomic mass is 9.93. The lowest BCUT2D eigenvalue weighted by Crippen LogP contribution is -2.38. The minimum atomic E-state index is -0.862. The van der Waals surface area contributed by atoms with E-state index in [9.17, 15) is 9.90 Å². The highest BCUT2D eigenvalue weighted by atomic mass is 16.4. The number of anilines is 1. The third-order valence-electron chi connectivity index (χ3n) is 3.63. The molecule has 0 radical (unpaired) electrons. The molecule has 2 N–H and O–H groups in total. The van der Waals surface area contributed by atoms with E-state index in [1.54, 1.807) is 6.21 Å². The molecule has 2 atom stereocenters. The Labute approximate surface area is 123 Å². The average Bonchev–Trinajstić information content (AvgIpc) is 2.68. The number of carbonyl (C=O) groups is 1. The van der Waals surface area contributed by atoms with Crippen LogP contribution in [0.3, 0.4) is 0 Å². The van der Waals surface area contributed by atoms with Gasteiger partial charge in [0.1, 0.15) is 6.04 Å². The van der Waals surface area contributed by atoms with Crippen molar-refractivity contribution in [1.29, 1.82) is 0 Å². The van der Waals surface area contributed by atoms with E-state index < -0.39 is 12.0 Å². The molecule has 2 aromatic rings. The molecular weight excluding hydrogens is 264 g/mol. The molecule has 3 rings (SSSR count). The van der Waals surface area contributed by atoms with Gasteiger partial charge in [0.15, 0.2) is 0 Å². The van der Waals surface area contributed by atoms with E-state index in [0.717, 1.165) is 16.9 Å². The van der Waals surface area contributed by atoms with Crippen molar-refractivity contribution < 1.29 is 9.90 Å². The van der Waals surface area contributed by atoms with Gasteiger partial charge in [0, 0.05) is 12.1 Å². The number of aliphatic imine (C=N–C) groups is 1. The zero-order valence-corrected chi connectivity index (χ0v) is 11.4. The number of hydrogen-bond acceptors (Lipinski definition) is 3. The van der Waals surface area contributed by atoms with Crippen LogP contribution in [-0.4, -0.2) is 23.3 Å². The van der Waals surface area contributed by atoms with Gasteiger partial charge in [-0.2, -0.15) is 0 Å². The Balaban J connectivity index is 1.91. The molecule has 0 saturated carbocycles. The van der Waals surface area contributed by atoms with Gasteiger partial charge in [-0.1, -0.05) is 42.5 Å². The summed E-state index contributed by atoms with van der Waals surface area (Å²) in [6.07, 6.45) is 2.40. The Morgan fingerprint density at radius 1 is 1.10 bits per heavy atom. The van der Waals surface area contributed by atoms with Crippen LogP contribution in [0.5, 0.6) is 0 Å². The van der Waals surface area contributed by atoms with E-state index in [2.05, 4.69) is 10.3 Å². The maximum atomic E-state index is 11.6. The van der Waals surface area contributed by atoms with E-state index in [4.69, 9.17) is 0 Å². The fourth-order valence-corrected chi connectivity index (χ4v) is 2.55. The first-order valence-corrected chi connectivity index (χ1v) is 6.90. The fourth-order valence-electron chi connectivity index (χ4n) is 2.55. The molecule has 4 heteroatoms. The zero-order valence-electron chi connectivity index (χ0n) is 11.4. The van der Waals surface area contributed by atoms with Crippen molar-refractivity contribution in [1.82, 2.24) is 0 Å². The van der Waals surface area contributed by atoms with Crippen LogP contribution in [0.25, 0.3) is 0 Å². The summed E-state index contributed by atoms with van der Waals surface area (Å²) < 4.78 is 0. The van der Waals surface area contributed by atoms with Crippen LogP contribution in [0.15, 0.2) is 59.6 Å². The predicted molar refractivity (Wildman–Crippen MR) is 83.3 cm³/mol. The third kappa shape index (κ3) is 2.94. The van der Waals surface area contributed by atoms with E-state index in [1.807, 2.05) is 54.6 Å². The van der Waals surface area contributed by atoms with Gasteiger partial charge in [-0.15, -0.1) is 0 Å². The number of rotatable bonds is 3. The largest absolute Gasteiger partial charge is 0.480 e. The number of hydrogen-bond donors (Lipinski definition) is 2. The highest BCUT2D eigenvalue weighted by Crippen LogP contribution is 2.29. The lowest BCUT2D eigenvalue weighted by Gasteiger charge is -2.21. The van der Waals surface area contributed by atoms with Gasteiger partial charge in [-0.3, -0.25) is 4.99 Å². The molecule has 0 saturated heterocycles. The molecule has 1 heterocycles. The molecule has 106 valence electrons. The van der Waals surface area contributed by atoms with Crippen LogP contribution in [0, 0.1) is 5.92 Å². The van der Waals surface area contributed by atoms with Gasteiger partial charge in [-0.25, -0.2) is 4.79 Å². The summed E-state index contributed by atoms with van der Waals surface area (Å²) in [5, 5.41) is 12.6. The second-order valence-electron chi connectivity index (χ2n) is 5.11. The normalized spacial score (nSPS) is 20.2. The molecule has 1 aliphatic heterocycles. The van der Waals surface area contributed by atoms with Crippen molar-refractivity contribution in [3.05, 3.63) is 60.2 Å². The highest BCUT2D eigenvalue weighted by Gasteiger charge is 2.29. The molecular formula is C17H16N2O2. The van der Waals surface area contributed by atoms with Gasteiger partial charge in [0.2, 0.25) is 0 Å². The Kier molecular flexibility index (Phi) is 3.69. The maximum Gasteiger partial charge on any atom is 0.326 e. The molecule has 0 bridgehead atoms. The number of fused-ring (bicyclic) bond motifs is 1. The van der Waals surface area contributed by atoms with Crippen LogP contribution in [0.4, 0.5) is 11.4 Å². The van der Waals surface area contributed by atoms with E-state index >= 15 is 0 Å². The SMILES string of the molecule is O=C(O)C1Nc2ccccc2N=CC1Cc1ccccc1. The highest BCUT2D eigenvalue weighted by molar-refractivity contribution is 5.88. The Morgan fingerprint density at radius 2 is 1.81 bits per heavy atom. The van der Waals surface area contributed by atoms with E-state index in [0.29, 0.717) is 6.42 Å². The van der Waals surface area contributed by atoms with Crippen LogP contribution in [0.2, 0.25) is 0 Å². The first kappa shape index (κ1) is 13.4. The molecule has 0 fully saturated rings. The summed E-state index contributed by atoms with van der Waals surface area (Å²) >= 11 is 0. The van der Waals surface area contributed by atoms with Gasteiger partial charge in [0.05, 0.1) is 11.4 Å². The summed E-state index contributed by atoms with van der Waals surface area (Å²) in [5.41, 5.74) is 2.64.